The number of piperidine rings is 1. The second kappa shape index (κ2) is 2.95. The van der Waals surface area contributed by atoms with Crippen molar-refractivity contribution in [2.24, 2.45) is 0 Å². The van der Waals surface area contributed by atoms with Crippen molar-refractivity contribution in [1.29, 1.82) is 0 Å². The molecule has 0 radical (unpaired) electrons. The number of hydrogen-bond donors (Lipinski definition) is 1. The Labute approximate surface area is 88.1 Å². The number of anilines is 1. The molecule has 0 bridgehead atoms. The van der Waals surface area contributed by atoms with Gasteiger partial charge in [0, 0.05) is 12.7 Å². The molecule has 0 aliphatic carbocycles. The Morgan fingerprint density at radius 3 is 3.20 bits per heavy atom. The van der Waals surface area contributed by atoms with Gasteiger partial charge in [-0.3, -0.25) is 4.79 Å². The van der Waals surface area contributed by atoms with Gasteiger partial charge < -0.3 is 10.6 Å². The van der Waals surface area contributed by atoms with Gasteiger partial charge in [0.05, 0.1) is 11.6 Å². The lowest BCUT2D eigenvalue weighted by molar-refractivity contribution is 0.0672. The fraction of sp³-hybridized carbons (Fsp3) is 0.455. The molecular formula is C11H13N3O. The molecule has 1 fully saturated rings. The van der Waals surface area contributed by atoms with Crippen molar-refractivity contribution in [1.82, 2.24) is 9.88 Å². The molecule has 4 heteroatoms. The second-order valence-corrected chi connectivity index (χ2v) is 4.17. The van der Waals surface area contributed by atoms with E-state index in [0.717, 1.165) is 24.9 Å². The van der Waals surface area contributed by atoms with Crippen molar-refractivity contribution < 1.29 is 4.79 Å². The molecule has 15 heavy (non-hydrogen) atoms. The third-order valence-electron chi connectivity index (χ3n) is 3.35. The van der Waals surface area contributed by atoms with E-state index < -0.39 is 0 Å². The molecule has 1 unspecified atom stereocenters. The first-order chi connectivity index (χ1) is 7.29. The molecule has 4 nitrogen and oxygen atoms in total. The van der Waals surface area contributed by atoms with Crippen molar-refractivity contribution in [3.63, 3.8) is 0 Å². The number of nitrogens with two attached hydrogens (primary N) is 1. The van der Waals surface area contributed by atoms with E-state index in [-0.39, 0.29) is 11.9 Å². The molecule has 2 N–H and O–H groups in total. The normalized spacial score (nSPS) is 23.9. The third-order valence-corrected chi connectivity index (χ3v) is 3.35. The standard InChI is InChI=1S/C11H13N3O/c12-10-9-7(4-5-13-10)8-3-1-2-6-14(8)11(9)15/h4-5,8H,1-3,6H2,(H2,12,13). The van der Waals surface area contributed by atoms with Crippen molar-refractivity contribution in [2.75, 3.05) is 12.3 Å². The predicted molar refractivity (Wildman–Crippen MR) is 56.3 cm³/mol. The highest BCUT2D eigenvalue weighted by atomic mass is 16.2. The maximum Gasteiger partial charge on any atom is 0.258 e. The number of aromatic nitrogens is 1. The SMILES string of the molecule is Nc1nccc2c1C(=O)N1CCCCC21. The Morgan fingerprint density at radius 1 is 1.47 bits per heavy atom. The van der Waals surface area contributed by atoms with E-state index in [0.29, 0.717) is 11.4 Å². The van der Waals surface area contributed by atoms with Gasteiger partial charge in [-0.2, -0.15) is 0 Å². The Kier molecular flexibility index (Phi) is 1.71. The van der Waals surface area contributed by atoms with Crippen LogP contribution in [0, 0.1) is 0 Å². The van der Waals surface area contributed by atoms with E-state index in [1.54, 1.807) is 6.20 Å². The quantitative estimate of drug-likeness (QED) is 0.692. The number of pyridine rings is 1. The van der Waals surface area contributed by atoms with Gasteiger partial charge in [-0.05, 0) is 30.9 Å². The van der Waals surface area contributed by atoms with Gasteiger partial charge in [0.1, 0.15) is 5.82 Å². The molecule has 0 aromatic carbocycles. The molecule has 0 saturated carbocycles. The maximum atomic E-state index is 12.1. The number of rotatable bonds is 0. The zero-order valence-corrected chi connectivity index (χ0v) is 8.44. The molecule has 1 amide bonds. The number of nitrogens with zero attached hydrogens (tertiary/aromatic N) is 2. The Balaban J connectivity index is 2.15. The average Bonchev–Trinajstić information content (AvgIpc) is 2.55. The zero-order chi connectivity index (χ0) is 10.4. The number of fused-ring (bicyclic) bond motifs is 3. The topological polar surface area (TPSA) is 59.2 Å². The first kappa shape index (κ1) is 8.71. The van der Waals surface area contributed by atoms with E-state index >= 15 is 0 Å². The van der Waals surface area contributed by atoms with E-state index in [4.69, 9.17) is 5.73 Å². The Bertz CT molecular complexity index is 430. The molecule has 78 valence electrons. The summed E-state index contributed by atoms with van der Waals surface area (Å²) in [5.74, 6) is 0.451. The summed E-state index contributed by atoms with van der Waals surface area (Å²) in [5, 5.41) is 0. The number of carbonyl (C=O) groups excluding carboxylic acids is 1. The van der Waals surface area contributed by atoms with Crippen LogP contribution in [0.2, 0.25) is 0 Å². The van der Waals surface area contributed by atoms with Crippen LogP contribution < -0.4 is 5.73 Å². The van der Waals surface area contributed by atoms with Gasteiger partial charge in [0.2, 0.25) is 0 Å². The fourth-order valence-electron chi connectivity index (χ4n) is 2.65. The summed E-state index contributed by atoms with van der Waals surface area (Å²) in [7, 11) is 0. The Morgan fingerprint density at radius 2 is 2.33 bits per heavy atom. The van der Waals surface area contributed by atoms with Gasteiger partial charge in [0.15, 0.2) is 0 Å². The minimum Gasteiger partial charge on any atom is -0.383 e. The smallest absolute Gasteiger partial charge is 0.258 e. The lowest BCUT2D eigenvalue weighted by Gasteiger charge is -2.29. The van der Waals surface area contributed by atoms with Crippen LogP contribution in [0.15, 0.2) is 12.3 Å². The van der Waals surface area contributed by atoms with Crippen molar-refractivity contribution in [2.45, 2.75) is 25.3 Å². The average molecular weight is 203 g/mol. The minimum absolute atomic E-state index is 0.0697. The molecular weight excluding hydrogens is 190 g/mol. The van der Waals surface area contributed by atoms with E-state index in [9.17, 15) is 4.79 Å². The molecule has 2 aliphatic heterocycles. The van der Waals surface area contributed by atoms with Crippen LogP contribution in [0.5, 0.6) is 0 Å². The summed E-state index contributed by atoms with van der Waals surface area (Å²) in [5.41, 5.74) is 7.48. The van der Waals surface area contributed by atoms with Crippen LogP contribution in [-0.4, -0.2) is 22.3 Å². The highest BCUT2D eigenvalue weighted by Crippen LogP contribution is 2.40. The fourth-order valence-corrected chi connectivity index (χ4v) is 2.65. The van der Waals surface area contributed by atoms with Gasteiger partial charge in [-0.25, -0.2) is 4.98 Å². The molecule has 0 spiro atoms. The second-order valence-electron chi connectivity index (χ2n) is 4.17. The number of amides is 1. The minimum atomic E-state index is 0.0697. The molecule has 1 aromatic rings. The van der Waals surface area contributed by atoms with E-state index in [1.165, 1.54) is 6.42 Å². The molecule has 3 rings (SSSR count). The first-order valence-corrected chi connectivity index (χ1v) is 5.34. The van der Waals surface area contributed by atoms with Crippen molar-refractivity contribution in [3.8, 4) is 0 Å². The third kappa shape index (κ3) is 1.07. The summed E-state index contributed by atoms with van der Waals surface area (Å²) in [6.07, 6.45) is 5.04. The number of nitrogen functional groups attached to an aromatic ring is 1. The monoisotopic (exact) mass is 203 g/mol. The Hall–Kier alpha value is -1.58. The van der Waals surface area contributed by atoms with Crippen LogP contribution in [-0.2, 0) is 0 Å². The predicted octanol–water partition coefficient (Wildman–Crippen LogP) is 1.34. The van der Waals surface area contributed by atoms with E-state index in [2.05, 4.69) is 4.98 Å². The highest BCUT2D eigenvalue weighted by Gasteiger charge is 2.39. The van der Waals surface area contributed by atoms with Gasteiger partial charge in [-0.15, -0.1) is 0 Å². The summed E-state index contributed by atoms with van der Waals surface area (Å²) in [4.78, 5) is 18.0. The largest absolute Gasteiger partial charge is 0.383 e. The lowest BCUT2D eigenvalue weighted by atomic mass is 9.98. The van der Waals surface area contributed by atoms with Crippen molar-refractivity contribution >= 4 is 11.7 Å². The summed E-state index contributed by atoms with van der Waals surface area (Å²) < 4.78 is 0. The van der Waals surface area contributed by atoms with Crippen LogP contribution in [0.25, 0.3) is 0 Å². The number of hydrogen-bond acceptors (Lipinski definition) is 3. The van der Waals surface area contributed by atoms with Gasteiger partial charge in [0.25, 0.3) is 5.91 Å². The van der Waals surface area contributed by atoms with E-state index in [1.807, 2.05) is 11.0 Å². The molecule has 3 heterocycles. The molecule has 1 aromatic heterocycles. The van der Waals surface area contributed by atoms with Crippen molar-refractivity contribution in [3.05, 3.63) is 23.4 Å². The molecule has 1 atom stereocenters. The van der Waals surface area contributed by atoms with Crippen LogP contribution in [0.4, 0.5) is 5.82 Å². The van der Waals surface area contributed by atoms with Gasteiger partial charge in [-0.1, -0.05) is 0 Å². The van der Waals surface area contributed by atoms with Crippen LogP contribution in [0.1, 0.15) is 41.2 Å². The van der Waals surface area contributed by atoms with Gasteiger partial charge >= 0.3 is 0 Å². The summed E-state index contributed by atoms with van der Waals surface area (Å²) in [6.45, 7) is 0.859. The van der Waals surface area contributed by atoms with Crippen LogP contribution in [0.3, 0.4) is 0 Å². The lowest BCUT2D eigenvalue weighted by Crippen LogP contribution is -2.32. The van der Waals surface area contributed by atoms with Crippen LogP contribution >= 0.6 is 0 Å². The summed E-state index contributed by atoms with van der Waals surface area (Å²) in [6, 6.07) is 2.19. The zero-order valence-electron chi connectivity index (χ0n) is 8.44. The molecule has 1 saturated heterocycles. The maximum absolute atomic E-state index is 12.1. The summed E-state index contributed by atoms with van der Waals surface area (Å²) >= 11 is 0. The molecule has 2 aliphatic rings. The number of carbonyl (C=O) groups is 1. The highest BCUT2D eigenvalue weighted by molar-refractivity contribution is 6.03. The first-order valence-electron chi connectivity index (χ1n) is 5.34.